The molecular weight excluding hydrogens is 450 g/mol. The Bertz CT molecular complexity index is 1210. The third-order valence-corrected chi connectivity index (χ3v) is 6.96. The van der Waals surface area contributed by atoms with Crippen LogP contribution in [-0.4, -0.2) is 27.7 Å². The van der Waals surface area contributed by atoms with Crippen LogP contribution in [-0.2, 0) is 17.8 Å². The highest BCUT2D eigenvalue weighted by Crippen LogP contribution is 2.33. The molecule has 0 fully saturated rings. The monoisotopic (exact) mass is 477 g/mol. The normalized spacial score (nSPS) is 11.2. The Kier molecular flexibility index (Phi) is 7.62. The molecule has 0 radical (unpaired) electrons. The summed E-state index contributed by atoms with van der Waals surface area (Å²) in [6.07, 6.45) is 3.84. The molecule has 0 aliphatic heterocycles. The minimum absolute atomic E-state index is 0.00667. The van der Waals surface area contributed by atoms with E-state index in [2.05, 4.69) is 31.0 Å². The molecule has 0 aliphatic rings. The van der Waals surface area contributed by atoms with E-state index in [0.29, 0.717) is 30.0 Å². The minimum Gasteiger partial charge on any atom is -0.494 e. The van der Waals surface area contributed by atoms with E-state index < -0.39 is 0 Å². The highest BCUT2D eigenvalue weighted by atomic mass is 32.2. The first kappa shape index (κ1) is 23.3. The molecule has 0 spiro atoms. The lowest BCUT2D eigenvalue weighted by molar-refractivity contribution is -0.118. The van der Waals surface area contributed by atoms with Crippen molar-refractivity contribution in [1.29, 1.82) is 0 Å². The number of anilines is 1. The van der Waals surface area contributed by atoms with Crippen molar-refractivity contribution in [2.24, 2.45) is 0 Å². The number of aromatic nitrogens is 2. The fourth-order valence-corrected chi connectivity index (χ4v) is 5.28. The first-order valence-electron chi connectivity index (χ1n) is 11.0. The number of rotatable bonds is 9. The van der Waals surface area contributed by atoms with E-state index in [4.69, 9.17) is 9.72 Å². The zero-order chi connectivity index (χ0) is 23.2. The van der Waals surface area contributed by atoms with Gasteiger partial charge in [-0.2, -0.15) is 0 Å². The molecule has 0 bridgehead atoms. The maximum Gasteiger partial charge on any atom is 0.233 e. The van der Waals surface area contributed by atoms with E-state index in [0.717, 1.165) is 27.1 Å². The number of carbonyl (C=O) groups is 1. The molecule has 5 nitrogen and oxygen atoms in total. The molecule has 0 saturated heterocycles. The van der Waals surface area contributed by atoms with Gasteiger partial charge in [-0.25, -0.2) is 4.98 Å². The number of benzene rings is 2. The lowest BCUT2D eigenvalue weighted by Crippen LogP contribution is -2.31. The number of pyridine rings is 1. The number of hydrogen-bond donors (Lipinski definition) is 0. The maximum atomic E-state index is 13.5. The van der Waals surface area contributed by atoms with Gasteiger partial charge in [-0.15, -0.1) is 11.8 Å². The molecule has 0 saturated carbocycles. The van der Waals surface area contributed by atoms with Gasteiger partial charge in [-0.3, -0.25) is 14.7 Å². The number of thiazole rings is 1. The lowest BCUT2D eigenvalue weighted by atomic mass is 10.1. The summed E-state index contributed by atoms with van der Waals surface area (Å²) in [7, 11) is 0. The lowest BCUT2D eigenvalue weighted by Gasteiger charge is -2.20. The molecule has 170 valence electrons. The van der Waals surface area contributed by atoms with Gasteiger partial charge < -0.3 is 4.74 Å². The number of hydrogen-bond acceptors (Lipinski definition) is 6. The van der Waals surface area contributed by atoms with Crippen LogP contribution in [0.4, 0.5) is 5.13 Å². The molecule has 4 aromatic rings. The van der Waals surface area contributed by atoms with Crippen molar-refractivity contribution in [2.75, 3.05) is 11.5 Å². The molecule has 0 N–H and O–H groups in total. The summed E-state index contributed by atoms with van der Waals surface area (Å²) in [5, 5.41) is 1.20. The van der Waals surface area contributed by atoms with Crippen molar-refractivity contribution in [3.8, 4) is 5.75 Å². The van der Waals surface area contributed by atoms with Crippen molar-refractivity contribution in [3.05, 3.63) is 78.1 Å². The molecule has 0 aliphatic carbocycles. The van der Waals surface area contributed by atoms with Crippen LogP contribution < -0.4 is 9.64 Å². The molecule has 2 heterocycles. The smallest absolute Gasteiger partial charge is 0.233 e. The SMILES string of the molecule is CCOc1ccc2nc(N(Cc3cccnc3)C(=O)Cc3ccc(SC(C)C)cc3)sc2c1. The van der Waals surface area contributed by atoms with Gasteiger partial charge in [0.2, 0.25) is 5.91 Å². The number of thioether (sulfide) groups is 1. The number of carbonyl (C=O) groups excluding carboxylic acids is 1. The van der Waals surface area contributed by atoms with Gasteiger partial charge in [0.25, 0.3) is 0 Å². The van der Waals surface area contributed by atoms with Crippen molar-refractivity contribution in [3.63, 3.8) is 0 Å². The van der Waals surface area contributed by atoms with E-state index in [-0.39, 0.29) is 5.91 Å². The highest BCUT2D eigenvalue weighted by molar-refractivity contribution is 7.99. The van der Waals surface area contributed by atoms with Crippen LogP contribution in [0.5, 0.6) is 5.75 Å². The number of fused-ring (bicyclic) bond motifs is 1. The summed E-state index contributed by atoms with van der Waals surface area (Å²) in [5.74, 6) is 0.817. The minimum atomic E-state index is 0.00667. The van der Waals surface area contributed by atoms with Gasteiger partial charge in [0.15, 0.2) is 5.13 Å². The van der Waals surface area contributed by atoms with Crippen LogP contribution in [0.15, 0.2) is 71.9 Å². The summed E-state index contributed by atoms with van der Waals surface area (Å²) < 4.78 is 6.62. The van der Waals surface area contributed by atoms with Gasteiger partial charge >= 0.3 is 0 Å². The van der Waals surface area contributed by atoms with E-state index in [1.807, 2.05) is 61.2 Å². The molecule has 2 aromatic heterocycles. The summed E-state index contributed by atoms with van der Waals surface area (Å²) in [6.45, 7) is 7.34. The molecular formula is C26H27N3O2S2. The van der Waals surface area contributed by atoms with Crippen LogP contribution >= 0.6 is 23.1 Å². The van der Waals surface area contributed by atoms with Gasteiger partial charge in [0.05, 0.1) is 29.8 Å². The Balaban J connectivity index is 1.60. The van der Waals surface area contributed by atoms with Crippen LogP contribution in [0, 0.1) is 0 Å². The predicted molar refractivity (Wildman–Crippen MR) is 137 cm³/mol. The third-order valence-electron chi connectivity index (χ3n) is 4.91. The second-order valence-electron chi connectivity index (χ2n) is 7.89. The molecule has 4 rings (SSSR count). The molecule has 2 aromatic carbocycles. The molecule has 0 unspecified atom stereocenters. The van der Waals surface area contributed by atoms with Crippen LogP contribution in [0.3, 0.4) is 0 Å². The van der Waals surface area contributed by atoms with Crippen LogP contribution in [0.25, 0.3) is 10.2 Å². The Hall–Kier alpha value is -2.90. The Morgan fingerprint density at radius 2 is 1.94 bits per heavy atom. The first-order valence-corrected chi connectivity index (χ1v) is 12.7. The second kappa shape index (κ2) is 10.8. The fourth-order valence-electron chi connectivity index (χ4n) is 3.43. The summed E-state index contributed by atoms with van der Waals surface area (Å²) in [6, 6.07) is 18.0. The molecule has 1 amide bonds. The first-order chi connectivity index (χ1) is 16.0. The number of ether oxygens (including phenoxy) is 1. The Morgan fingerprint density at radius 1 is 1.12 bits per heavy atom. The summed E-state index contributed by atoms with van der Waals surface area (Å²) in [5.41, 5.74) is 2.81. The fraction of sp³-hybridized carbons (Fsp3) is 0.269. The van der Waals surface area contributed by atoms with Crippen molar-refractivity contribution >= 4 is 44.4 Å². The van der Waals surface area contributed by atoms with E-state index in [1.54, 1.807) is 17.3 Å². The summed E-state index contributed by atoms with van der Waals surface area (Å²) >= 11 is 3.32. The van der Waals surface area contributed by atoms with Crippen LogP contribution in [0.1, 0.15) is 31.9 Å². The van der Waals surface area contributed by atoms with Crippen molar-refractivity contribution < 1.29 is 9.53 Å². The summed E-state index contributed by atoms with van der Waals surface area (Å²) in [4.78, 5) is 25.4. The quantitative estimate of drug-likeness (QED) is 0.262. The largest absolute Gasteiger partial charge is 0.494 e. The topological polar surface area (TPSA) is 55.3 Å². The predicted octanol–water partition coefficient (Wildman–Crippen LogP) is 6.37. The molecule has 7 heteroatoms. The number of amides is 1. The Labute approximate surface area is 202 Å². The van der Waals surface area contributed by atoms with E-state index in [9.17, 15) is 4.79 Å². The van der Waals surface area contributed by atoms with Crippen molar-refractivity contribution in [2.45, 2.75) is 43.9 Å². The zero-order valence-electron chi connectivity index (χ0n) is 19.0. The molecule has 33 heavy (non-hydrogen) atoms. The number of nitrogens with zero attached hydrogens (tertiary/aromatic N) is 3. The van der Waals surface area contributed by atoms with E-state index >= 15 is 0 Å². The average Bonchev–Trinajstić information content (AvgIpc) is 3.22. The maximum absolute atomic E-state index is 13.5. The molecule has 0 atom stereocenters. The average molecular weight is 478 g/mol. The third kappa shape index (κ3) is 6.12. The standard InChI is InChI=1S/C26H27N3O2S2/c1-4-31-21-9-12-23-24(15-21)33-26(28-23)29(17-20-6-5-13-27-16-20)25(30)14-19-7-10-22(11-8-19)32-18(2)3/h5-13,15-16,18H,4,14,17H2,1-3H3. The van der Waals surface area contributed by atoms with Gasteiger partial charge in [-0.05, 0) is 54.4 Å². The second-order valence-corrected chi connectivity index (χ2v) is 10.5. The van der Waals surface area contributed by atoms with Crippen LogP contribution in [0.2, 0.25) is 0 Å². The Morgan fingerprint density at radius 3 is 2.64 bits per heavy atom. The zero-order valence-corrected chi connectivity index (χ0v) is 20.7. The van der Waals surface area contributed by atoms with E-state index in [1.165, 1.54) is 16.2 Å². The van der Waals surface area contributed by atoms with Gasteiger partial charge in [-0.1, -0.05) is 43.4 Å². The highest BCUT2D eigenvalue weighted by Gasteiger charge is 2.21. The van der Waals surface area contributed by atoms with Crippen molar-refractivity contribution in [1.82, 2.24) is 9.97 Å². The van der Waals surface area contributed by atoms with Gasteiger partial charge in [0.1, 0.15) is 5.75 Å². The van der Waals surface area contributed by atoms with Gasteiger partial charge in [0, 0.05) is 22.5 Å².